The molecule has 0 spiro atoms. The normalized spacial score (nSPS) is 13.8. The Morgan fingerprint density at radius 3 is 2.69 bits per heavy atom. The summed E-state index contributed by atoms with van der Waals surface area (Å²) in [5.41, 5.74) is 4.69. The molecule has 1 aliphatic rings. The lowest BCUT2D eigenvalue weighted by molar-refractivity contribution is 0.0955. The molecular formula is C25H26N2O2. The SMILES string of the molecule is COc1ccc(-c2cc(C(=O)NCCC3=CCCCC3)c3ccccc3n2)cc1. The number of ether oxygens (including phenoxy) is 1. The van der Waals surface area contributed by atoms with Gasteiger partial charge in [-0.05, 0) is 68.5 Å². The minimum absolute atomic E-state index is 0.0465. The third-order valence-electron chi connectivity index (χ3n) is 5.46. The van der Waals surface area contributed by atoms with Crippen LogP contribution in [0, 0.1) is 0 Å². The molecule has 4 nitrogen and oxygen atoms in total. The molecule has 0 unspecified atom stereocenters. The lowest BCUT2D eigenvalue weighted by atomic mass is 9.97. The Balaban J connectivity index is 1.59. The molecule has 1 heterocycles. The van der Waals surface area contributed by atoms with E-state index >= 15 is 0 Å². The monoisotopic (exact) mass is 386 g/mol. The molecule has 29 heavy (non-hydrogen) atoms. The third kappa shape index (κ3) is 4.48. The van der Waals surface area contributed by atoms with Crippen molar-refractivity contribution in [1.82, 2.24) is 10.3 Å². The number of hydrogen-bond acceptors (Lipinski definition) is 3. The smallest absolute Gasteiger partial charge is 0.252 e. The Labute approximate surface area is 171 Å². The summed E-state index contributed by atoms with van der Waals surface area (Å²) >= 11 is 0. The summed E-state index contributed by atoms with van der Waals surface area (Å²) in [7, 11) is 1.65. The lowest BCUT2D eigenvalue weighted by Gasteiger charge is -2.14. The molecule has 148 valence electrons. The summed E-state index contributed by atoms with van der Waals surface area (Å²) in [6.45, 7) is 0.666. The fourth-order valence-corrected chi connectivity index (χ4v) is 3.84. The van der Waals surface area contributed by atoms with Crippen molar-refractivity contribution in [3.05, 3.63) is 71.8 Å². The van der Waals surface area contributed by atoms with Crippen molar-refractivity contribution in [1.29, 1.82) is 0 Å². The van der Waals surface area contributed by atoms with Crippen LogP contribution in [0.15, 0.2) is 66.2 Å². The zero-order valence-electron chi connectivity index (χ0n) is 16.8. The van der Waals surface area contributed by atoms with E-state index in [1.807, 2.05) is 54.6 Å². The van der Waals surface area contributed by atoms with Crippen molar-refractivity contribution < 1.29 is 9.53 Å². The second-order valence-electron chi connectivity index (χ2n) is 7.41. The number of rotatable bonds is 6. The number of hydrogen-bond donors (Lipinski definition) is 1. The number of methoxy groups -OCH3 is 1. The number of aromatic nitrogens is 1. The second-order valence-corrected chi connectivity index (χ2v) is 7.41. The van der Waals surface area contributed by atoms with Crippen LogP contribution in [0.3, 0.4) is 0 Å². The number of nitrogens with zero attached hydrogens (tertiary/aromatic N) is 1. The zero-order valence-corrected chi connectivity index (χ0v) is 16.8. The van der Waals surface area contributed by atoms with Crippen LogP contribution >= 0.6 is 0 Å². The van der Waals surface area contributed by atoms with Crippen molar-refractivity contribution in [3.8, 4) is 17.0 Å². The van der Waals surface area contributed by atoms with E-state index in [9.17, 15) is 4.79 Å². The summed E-state index contributed by atoms with van der Waals surface area (Å²) in [6, 6.07) is 17.4. The van der Waals surface area contributed by atoms with E-state index in [1.54, 1.807) is 7.11 Å². The number of allylic oxidation sites excluding steroid dienone is 1. The highest BCUT2D eigenvalue weighted by molar-refractivity contribution is 6.07. The van der Waals surface area contributed by atoms with E-state index < -0.39 is 0 Å². The van der Waals surface area contributed by atoms with Crippen LogP contribution in [0.2, 0.25) is 0 Å². The fraction of sp³-hybridized carbons (Fsp3) is 0.280. The summed E-state index contributed by atoms with van der Waals surface area (Å²) in [4.78, 5) is 17.8. The van der Waals surface area contributed by atoms with E-state index in [-0.39, 0.29) is 5.91 Å². The zero-order chi connectivity index (χ0) is 20.1. The molecule has 1 amide bonds. The second kappa shape index (κ2) is 8.91. The highest BCUT2D eigenvalue weighted by Crippen LogP contribution is 2.26. The summed E-state index contributed by atoms with van der Waals surface area (Å²) in [5.74, 6) is 0.749. The molecule has 3 aromatic rings. The predicted molar refractivity (Wildman–Crippen MR) is 117 cm³/mol. The van der Waals surface area contributed by atoms with E-state index in [2.05, 4.69) is 11.4 Å². The largest absolute Gasteiger partial charge is 0.497 e. The van der Waals surface area contributed by atoms with E-state index in [0.29, 0.717) is 12.1 Å². The third-order valence-corrected chi connectivity index (χ3v) is 5.46. The van der Waals surface area contributed by atoms with Crippen molar-refractivity contribution >= 4 is 16.8 Å². The molecule has 1 N–H and O–H groups in total. The summed E-state index contributed by atoms with van der Waals surface area (Å²) < 4.78 is 5.24. The van der Waals surface area contributed by atoms with Crippen LogP contribution in [0.1, 0.15) is 42.5 Å². The first kappa shape index (κ1) is 19.2. The number of amides is 1. The Bertz CT molecular complexity index is 1040. The maximum Gasteiger partial charge on any atom is 0.252 e. The van der Waals surface area contributed by atoms with Crippen molar-refractivity contribution in [2.24, 2.45) is 0 Å². The highest BCUT2D eigenvalue weighted by Gasteiger charge is 2.14. The average molecular weight is 386 g/mol. The van der Waals surface area contributed by atoms with Gasteiger partial charge in [0.1, 0.15) is 5.75 Å². The number of nitrogens with one attached hydrogen (secondary N) is 1. The summed E-state index contributed by atoms with van der Waals surface area (Å²) in [6.07, 6.45) is 8.14. The van der Waals surface area contributed by atoms with Gasteiger partial charge in [-0.25, -0.2) is 4.98 Å². The average Bonchev–Trinajstić information content (AvgIpc) is 2.79. The minimum Gasteiger partial charge on any atom is -0.497 e. The topological polar surface area (TPSA) is 51.2 Å². The van der Waals surface area contributed by atoms with Gasteiger partial charge >= 0.3 is 0 Å². The van der Waals surface area contributed by atoms with Crippen LogP contribution in [0.25, 0.3) is 22.2 Å². The van der Waals surface area contributed by atoms with Crippen LogP contribution in [-0.2, 0) is 0 Å². The molecule has 0 radical (unpaired) electrons. The Morgan fingerprint density at radius 1 is 1.10 bits per heavy atom. The van der Waals surface area contributed by atoms with Gasteiger partial charge in [-0.1, -0.05) is 29.8 Å². The number of para-hydroxylation sites is 1. The van der Waals surface area contributed by atoms with Gasteiger partial charge in [0, 0.05) is 17.5 Å². The predicted octanol–water partition coefficient (Wildman–Crippen LogP) is 5.53. The molecule has 0 saturated carbocycles. The van der Waals surface area contributed by atoms with Gasteiger partial charge in [-0.3, -0.25) is 4.79 Å². The van der Waals surface area contributed by atoms with Gasteiger partial charge < -0.3 is 10.1 Å². The molecule has 4 rings (SSSR count). The maximum absolute atomic E-state index is 13.0. The Morgan fingerprint density at radius 2 is 1.93 bits per heavy atom. The van der Waals surface area contributed by atoms with Gasteiger partial charge in [-0.2, -0.15) is 0 Å². The van der Waals surface area contributed by atoms with Crippen LogP contribution in [0.5, 0.6) is 5.75 Å². The number of carbonyl (C=O) groups is 1. The number of benzene rings is 2. The lowest BCUT2D eigenvalue weighted by Crippen LogP contribution is -2.25. The van der Waals surface area contributed by atoms with Crippen LogP contribution in [0.4, 0.5) is 0 Å². The van der Waals surface area contributed by atoms with Crippen molar-refractivity contribution in [3.63, 3.8) is 0 Å². The first-order valence-corrected chi connectivity index (χ1v) is 10.2. The Hall–Kier alpha value is -3.14. The molecule has 1 aliphatic carbocycles. The summed E-state index contributed by atoms with van der Waals surface area (Å²) in [5, 5.41) is 3.98. The van der Waals surface area contributed by atoms with Crippen LogP contribution in [-0.4, -0.2) is 24.5 Å². The molecule has 2 aromatic carbocycles. The van der Waals surface area contributed by atoms with Crippen molar-refractivity contribution in [2.75, 3.05) is 13.7 Å². The molecule has 0 aliphatic heterocycles. The Kier molecular flexibility index (Phi) is 5.89. The van der Waals surface area contributed by atoms with Gasteiger partial charge in [-0.15, -0.1) is 0 Å². The maximum atomic E-state index is 13.0. The first-order chi connectivity index (χ1) is 14.2. The quantitative estimate of drug-likeness (QED) is 0.567. The van der Waals surface area contributed by atoms with E-state index in [4.69, 9.17) is 9.72 Å². The van der Waals surface area contributed by atoms with Gasteiger partial charge in [0.05, 0.1) is 23.9 Å². The van der Waals surface area contributed by atoms with Crippen LogP contribution < -0.4 is 10.1 Å². The number of pyridine rings is 1. The standard InChI is InChI=1S/C25H26N2O2/c1-29-20-13-11-19(12-14-20)24-17-22(21-9-5-6-10-23(21)27-24)25(28)26-16-15-18-7-3-2-4-8-18/h5-7,9-14,17H,2-4,8,15-16H2,1H3,(H,26,28). The molecule has 0 fully saturated rings. The van der Waals surface area contributed by atoms with Gasteiger partial charge in [0.15, 0.2) is 0 Å². The fourth-order valence-electron chi connectivity index (χ4n) is 3.84. The molecule has 0 saturated heterocycles. The molecule has 1 aromatic heterocycles. The molecule has 0 bridgehead atoms. The van der Waals surface area contributed by atoms with E-state index in [1.165, 1.54) is 24.8 Å². The first-order valence-electron chi connectivity index (χ1n) is 10.2. The van der Waals surface area contributed by atoms with Gasteiger partial charge in [0.2, 0.25) is 0 Å². The highest BCUT2D eigenvalue weighted by atomic mass is 16.5. The number of carbonyl (C=O) groups excluding carboxylic acids is 1. The minimum atomic E-state index is -0.0465. The molecular weight excluding hydrogens is 360 g/mol. The molecule has 4 heteroatoms. The molecule has 0 atom stereocenters. The van der Waals surface area contributed by atoms with E-state index in [0.717, 1.165) is 40.8 Å². The van der Waals surface area contributed by atoms with Gasteiger partial charge in [0.25, 0.3) is 5.91 Å². The van der Waals surface area contributed by atoms with Crippen molar-refractivity contribution in [2.45, 2.75) is 32.1 Å². The number of fused-ring (bicyclic) bond motifs is 1.